The Hall–Kier alpha value is -2.79. The van der Waals surface area contributed by atoms with Crippen molar-refractivity contribution in [3.05, 3.63) is 83.0 Å². The quantitative estimate of drug-likeness (QED) is 0.678. The van der Waals surface area contributed by atoms with Crippen molar-refractivity contribution < 1.29 is 9.15 Å². The van der Waals surface area contributed by atoms with Gasteiger partial charge in [0.25, 0.3) is 0 Å². The number of furan rings is 1. The number of aromatic nitrogens is 1. The van der Waals surface area contributed by atoms with Crippen LogP contribution in [0.25, 0.3) is 0 Å². The Kier molecular flexibility index (Phi) is 3.28. The van der Waals surface area contributed by atoms with Crippen molar-refractivity contribution in [1.29, 1.82) is 0 Å². The Morgan fingerprint density at radius 3 is 2.80 bits per heavy atom. The maximum absolute atomic E-state index is 6.25. The molecule has 6 heteroatoms. The first-order chi connectivity index (χ1) is 12.3. The van der Waals surface area contributed by atoms with E-state index in [1.54, 1.807) is 18.7 Å². The van der Waals surface area contributed by atoms with Gasteiger partial charge in [0.2, 0.25) is 6.23 Å². The molecule has 5 nitrogen and oxygen atoms in total. The highest BCUT2D eigenvalue weighted by Gasteiger charge is 2.41. The Labute approximate surface area is 149 Å². The molecule has 0 unspecified atom stereocenters. The molecule has 2 aliphatic heterocycles. The van der Waals surface area contributed by atoms with E-state index in [1.807, 2.05) is 47.5 Å². The van der Waals surface area contributed by atoms with Crippen LogP contribution in [0.15, 0.2) is 70.6 Å². The molecule has 124 valence electrons. The third kappa shape index (κ3) is 2.39. The Morgan fingerprint density at radius 1 is 1.12 bits per heavy atom. The molecule has 0 amide bonds. The number of nitrogens with zero attached hydrogens (tertiary/aromatic N) is 3. The van der Waals surface area contributed by atoms with E-state index >= 15 is 0 Å². The highest BCUT2D eigenvalue weighted by atomic mass is 35.5. The Balaban J connectivity index is 1.62. The van der Waals surface area contributed by atoms with E-state index in [0.29, 0.717) is 5.02 Å². The summed E-state index contributed by atoms with van der Waals surface area (Å²) in [5.74, 6) is 1.62. The summed E-state index contributed by atoms with van der Waals surface area (Å²) in [5, 5.41) is 7.49. The molecule has 0 bridgehead atoms. The minimum absolute atomic E-state index is 0.0562. The van der Waals surface area contributed by atoms with Crippen LogP contribution in [-0.4, -0.2) is 15.7 Å². The summed E-state index contributed by atoms with van der Waals surface area (Å²) in [7, 11) is 0. The highest BCUT2D eigenvalue weighted by molar-refractivity contribution is 6.30. The highest BCUT2D eigenvalue weighted by Crippen LogP contribution is 2.48. The monoisotopic (exact) mass is 351 g/mol. The number of pyridine rings is 1. The van der Waals surface area contributed by atoms with Gasteiger partial charge in [-0.15, -0.1) is 0 Å². The molecule has 0 spiro atoms. The van der Waals surface area contributed by atoms with Crippen LogP contribution >= 0.6 is 11.6 Å². The molecule has 0 aliphatic carbocycles. The number of hydrogen-bond donors (Lipinski definition) is 0. The lowest BCUT2D eigenvalue weighted by molar-refractivity contribution is -0.0190. The first kappa shape index (κ1) is 14.5. The van der Waals surface area contributed by atoms with Gasteiger partial charge in [0.15, 0.2) is 0 Å². The number of halogens is 1. The molecule has 0 radical (unpaired) electrons. The maximum atomic E-state index is 6.25. The summed E-state index contributed by atoms with van der Waals surface area (Å²) in [6.07, 6.45) is 5.62. The van der Waals surface area contributed by atoms with E-state index in [0.717, 1.165) is 34.8 Å². The number of hydrogen-bond acceptors (Lipinski definition) is 5. The number of hydrazone groups is 1. The minimum atomic E-state index is -0.311. The van der Waals surface area contributed by atoms with E-state index < -0.39 is 0 Å². The van der Waals surface area contributed by atoms with Gasteiger partial charge in [0, 0.05) is 35.0 Å². The topological polar surface area (TPSA) is 50.9 Å². The van der Waals surface area contributed by atoms with Crippen molar-refractivity contribution in [2.24, 2.45) is 5.10 Å². The maximum Gasteiger partial charge on any atom is 0.213 e. The van der Waals surface area contributed by atoms with Crippen molar-refractivity contribution in [3.8, 4) is 5.75 Å². The standard InChI is InChI=1S/C19H14ClN3O2/c20-13-3-4-17-14(10-13)16-11-15(18-2-1-9-24-18)22-23(16)19(25-17)12-5-7-21-8-6-12/h1-10,16,19H,11H2/t16-,19+/m0/s1. The van der Waals surface area contributed by atoms with E-state index in [1.165, 1.54) is 0 Å². The molecule has 0 saturated carbocycles. The Morgan fingerprint density at radius 2 is 2.00 bits per heavy atom. The van der Waals surface area contributed by atoms with Crippen LogP contribution in [0.4, 0.5) is 0 Å². The van der Waals surface area contributed by atoms with E-state index in [-0.39, 0.29) is 12.3 Å². The van der Waals surface area contributed by atoms with Crippen LogP contribution in [0.2, 0.25) is 5.02 Å². The SMILES string of the molecule is Clc1ccc2c(c1)[C@@H]1CC(c3ccco3)=NN1[C@@H](c1ccncc1)O2. The fourth-order valence-corrected chi connectivity index (χ4v) is 3.58. The van der Waals surface area contributed by atoms with Crippen molar-refractivity contribution in [1.82, 2.24) is 9.99 Å². The van der Waals surface area contributed by atoms with Crippen molar-refractivity contribution >= 4 is 17.3 Å². The van der Waals surface area contributed by atoms with Gasteiger partial charge in [0.1, 0.15) is 17.2 Å². The number of fused-ring (bicyclic) bond motifs is 3. The summed E-state index contributed by atoms with van der Waals surface area (Å²) in [4.78, 5) is 4.09. The third-order valence-electron chi connectivity index (χ3n) is 4.55. The van der Waals surface area contributed by atoms with E-state index in [9.17, 15) is 0 Å². The van der Waals surface area contributed by atoms with Crippen molar-refractivity contribution in [2.75, 3.05) is 0 Å². The first-order valence-corrected chi connectivity index (χ1v) is 8.43. The molecular weight excluding hydrogens is 338 g/mol. The molecule has 4 heterocycles. The molecule has 3 aromatic rings. The van der Waals surface area contributed by atoms with Crippen LogP contribution in [0.3, 0.4) is 0 Å². The zero-order valence-electron chi connectivity index (χ0n) is 13.2. The number of ether oxygens (including phenoxy) is 1. The van der Waals surface area contributed by atoms with Gasteiger partial charge in [-0.1, -0.05) is 11.6 Å². The van der Waals surface area contributed by atoms with Crippen molar-refractivity contribution in [3.63, 3.8) is 0 Å². The van der Waals surface area contributed by atoms with Gasteiger partial charge in [-0.3, -0.25) is 4.98 Å². The molecular formula is C19H14ClN3O2. The normalized spacial score (nSPS) is 21.3. The summed E-state index contributed by atoms with van der Waals surface area (Å²) in [6, 6.07) is 13.5. The fourth-order valence-electron chi connectivity index (χ4n) is 3.40. The Bertz CT molecular complexity index is 941. The first-order valence-electron chi connectivity index (χ1n) is 8.05. The molecule has 0 N–H and O–H groups in total. The lowest BCUT2D eigenvalue weighted by atomic mass is 9.97. The largest absolute Gasteiger partial charge is 0.464 e. The second kappa shape index (κ2) is 5.63. The molecule has 5 rings (SSSR count). The van der Waals surface area contributed by atoms with Crippen LogP contribution in [0, 0.1) is 0 Å². The number of rotatable bonds is 2. The zero-order chi connectivity index (χ0) is 16.8. The van der Waals surface area contributed by atoms with Crippen molar-refractivity contribution in [2.45, 2.75) is 18.7 Å². The molecule has 2 aromatic heterocycles. The molecule has 1 aromatic carbocycles. The van der Waals surface area contributed by atoms with Gasteiger partial charge >= 0.3 is 0 Å². The molecule has 0 fully saturated rings. The average molecular weight is 352 g/mol. The average Bonchev–Trinajstić information content (AvgIpc) is 3.31. The summed E-state index contributed by atoms with van der Waals surface area (Å²) >= 11 is 6.22. The lowest BCUT2D eigenvalue weighted by Gasteiger charge is -2.38. The molecule has 25 heavy (non-hydrogen) atoms. The van der Waals surface area contributed by atoms with E-state index in [4.69, 9.17) is 25.9 Å². The predicted molar refractivity (Wildman–Crippen MR) is 93.5 cm³/mol. The van der Waals surface area contributed by atoms with Gasteiger partial charge in [-0.05, 0) is 42.5 Å². The van der Waals surface area contributed by atoms with E-state index in [2.05, 4.69) is 4.98 Å². The summed E-state index contributed by atoms with van der Waals surface area (Å²) in [5.41, 5.74) is 2.96. The molecule has 2 aliphatic rings. The van der Waals surface area contributed by atoms with Gasteiger partial charge in [-0.25, -0.2) is 5.01 Å². The van der Waals surface area contributed by atoms with Gasteiger partial charge in [-0.2, -0.15) is 5.10 Å². The van der Waals surface area contributed by atoms with Gasteiger partial charge in [0.05, 0.1) is 12.3 Å². The molecule has 2 atom stereocenters. The second-order valence-corrected chi connectivity index (χ2v) is 6.49. The smallest absolute Gasteiger partial charge is 0.213 e. The lowest BCUT2D eigenvalue weighted by Crippen LogP contribution is -2.33. The zero-order valence-corrected chi connectivity index (χ0v) is 13.9. The van der Waals surface area contributed by atoms with Gasteiger partial charge < -0.3 is 9.15 Å². The fraction of sp³-hybridized carbons (Fsp3) is 0.158. The van der Waals surface area contributed by atoms with Crippen LogP contribution in [-0.2, 0) is 0 Å². The van der Waals surface area contributed by atoms with Crippen LogP contribution in [0.5, 0.6) is 5.75 Å². The van der Waals surface area contributed by atoms with Crippen LogP contribution < -0.4 is 4.74 Å². The predicted octanol–water partition coefficient (Wildman–Crippen LogP) is 4.57. The number of benzene rings is 1. The summed E-state index contributed by atoms with van der Waals surface area (Å²) < 4.78 is 11.8. The second-order valence-electron chi connectivity index (χ2n) is 6.06. The van der Waals surface area contributed by atoms with Crippen LogP contribution in [0.1, 0.15) is 35.6 Å². The third-order valence-corrected chi connectivity index (χ3v) is 4.78. The minimum Gasteiger partial charge on any atom is -0.464 e. The molecule has 0 saturated heterocycles. The summed E-state index contributed by atoms with van der Waals surface area (Å²) in [6.45, 7) is 0.